The van der Waals surface area contributed by atoms with Gasteiger partial charge in [0.05, 0.1) is 0 Å². The summed E-state index contributed by atoms with van der Waals surface area (Å²) in [4.78, 5) is 0. The van der Waals surface area contributed by atoms with Crippen molar-refractivity contribution in [2.75, 3.05) is 0 Å². The molecule has 0 nitrogen and oxygen atoms in total. The zero-order valence-electron chi connectivity index (χ0n) is 14.3. The molecule has 0 aliphatic heterocycles. The molecule has 5 rings (SSSR count). The van der Waals surface area contributed by atoms with Crippen LogP contribution in [-0.2, 0) is 0 Å². The molecule has 0 heteroatoms. The first-order valence-corrected chi connectivity index (χ1v) is 8.94. The van der Waals surface area contributed by atoms with Crippen molar-refractivity contribution in [1.29, 1.82) is 0 Å². The highest BCUT2D eigenvalue weighted by Crippen LogP contribution is 2.39. The third-order valence-electron chi connectivity index (χ3n) is 5.30. The van der Waals surface area contributed by atoms with Gasteiger partial charge in [0.1, 0.15) is 0 Å². The quantitative estimate of drug-likeness (QED) is 0.348. The molecule has 0 N–H and O–H groups in total. The first-order chi connectivity index (χ1) is 12.3. The average molecular weight is 319 g/mol. The normalized spacial score (nSPS) is 13.2. The smallest absolute Gasteiger partial charge is 0.0164 e. The van der Waals surface area contributed by atoms with Crippen LogP contribution in [0.3, 0.4) is 0 Å². The van der Waals surface area contributed by atoms with E-state index < -0.39 is 0 Å². The Morgan fingerprint density at radius 2 is 1.44 bits per heavy atom. The lowest BCUT2D eigenvalue weighted by molar-refractivity contribution is 1.14. The molecule has 0 fully saturated rings. The summed E-state index contributed by atoms with van der Waals surface area (Å²) >= 11 is 0. The summed E-state index contributed by atoms with van der Waals surface area (Å²) in [6.45, 7) is 2.22. The van der Waals surface area contributed by atoms with Crippen LogP contribution in [0.4, 0.5) is 0 Å². The lowest BCUT2D eigenvalue weighted by Crippen LogP contribution is -1.88. The van der Waals surface area contributed by atoms with Gasteiger partial charge in [0.15, 0.2) is 0 Å². The van der Waals surface area contributed by atoms with Crippen molar-refractivity contribution in [3.63, 3.8) is 0 Å². The Bertz CT molecular complexity index is 1150. The van der Waals surface area contributed by atoms with E-state index in [1.807, 2.05) is 0 Å². The van der Waals surface area contributed by atoms with E-state index in [0.717, 1.165) is 6.42 Å². The van der Waals surface area contributed by atoms with E-state index >= 15 is 0 Å². The van der Waals surface area contributed by atoms with E-state index in [2.05, 4.69) is 92.2 Å². The van der Waals surface area contributed by atoms with Crippen molar-refractivity contribution in [2.45, 2.75) is 13.3 Å². The van der Waals surface area contributed by atoms with Gasteiger partial charge in [-0.05, 0) is 50.2 Å². The third kappa shape index (κ3) is 2.21. The van der Waals surface area contributed by atoms with E-state index in [1.54, 1.807) is 0 Å². The van der Waals surface area contributed by atoms with Crippen LogP contribution in [0.25, 0.3) is 38.7 Å². The van der Waals surface area contributed by atoms with E-state index in [9.17, 15) is 0 Å². The Kier molecular flexibility index (Phi) is 3.24. The van der Waals surface area contributed by atoms with E-state index in [1.165, 1.54) is 49.4 Å². The lowest BCUT2D eigenvalue weighted by Gasteiger charge is -2.12. The van der Waals surface area contributed by atoms with Crippen LogP contribution in [0.5, 0.6) is 0 Å². The molecule has 4 aromatic carbocycles. The summed E-state index contributed by atoms with van der Waals surface area (Å²) in [5.41, 5.74) is 6.76. The maximum atomic E-state index is 2.35. The molecule has 0 amide bonds. The number of benzene rings is 4. The fraction of sp³-hybridized carbons (Fsp3) is 0.0800. The molecule has 0 saturated carbocycles. The molecule has 0 aromatic heterocycles. The minimum absolute atomic E-state index is 1.08. The molecule has 0 heterocycles. The summed E-state index contributed by atoms with van der Waals surface area (Å²) < 4.78 is 0. The van der Waals surface area contributed by atoms with E-state index in [0.29, 0.717) is 0 Å². The summed E-state index contributed by atoms with van der Waals surface area (Å²) in [5, 5.41) is 5.28. The molecule has 0 atom stereocenters. The van der Waals surface area contributed by atoms with Gasteiger partial charge in [-0.1, -0.05) is 91.4 Å². The van der Waals surface area contributed by atoms with Crippen molar-refractivity contribution in [1.82, 2.24) is 0 Å². The van der Waals surface area contributed by atoms with E-state index in [4.69, 9.17) is 0 Å². The van der Waals surface area contributed by atoms with Gasteiger partial charge in [-0.25, -0.2) is 0 Å². The molecule has 0 unspecified atom stereocenters. The second-order valence-corrected chi connectivity index (χ2v) is 6.71. The van der Waals surface area contributed by atoms with Gasteiger partial charge in [0, 0.05) is 6.42 Å². The summed E-state index contributed by atoms with van der Waals surface area (Å²) in [7, 11) is 0. The molecule has 25 heavy (non-hydrogen) atoms. The Hall–Kier alpha value is -2.86. The topological polar surface area (TPSA) is 0 Å². The number of fused-ring (bicyclic) bond motifs is 4. The maximum Gasteiger partial charge on any atom is 0.0164 e. The zero-order valence-corrected chi connectivity index (χ0v) is 14.3. The molecule has 0 bridgehead atoms. The second kappa shape index (κ2) is 5.60. The first-order valence-electron chi connectivity index (χ1n) is 8.94. The molecule has 1 aliphatic rings. The minimum atomic E-state index is 1.08. The predicted octanol–water partition coefficient (Wildman–Crippen LogP) is 7.02. The Balaban J connectivity index is 1.82. The molecule has 4 aromatic rings. The SMILES string of the molecule is CCC1=Cc2c(cccc2-c2cccc3c2ccc2ccccc23)[CH]1. The summed E-state index contributed by atoms with van der Waals surface area (Å²) in [6.07, 6.45) is 5.75. The molecule has 1 aliphatic carbocycles. The molecule has 119 valence electrons. The Morgan fingerprint density at radius 3 is 2.36 bits per heavy atom. The molecular formula is C25H19. The highest BCUT2D eigenvalue weighted by atomic mass is 14.2. The van der Waals surface area contributed by atoms with Crippen LogP contribution in [0.1, 0.15) is 24.5 Å². The highest BCUT2D eigenvalue weighted by molar-refractivity contribution is 6.12. The highest BCUT2D eigenvalue weighted by Gasteiger charge is 2.17. The van der Waals surface area contributed by atoms with Crippen LogP contribution < -0.4 is 0 Å². The Morgan fingerprint density at radius 1 is 0.640 bits per heavy atom. The predicted molar refractivity (Wildman–Crippen MR) is 109 cm³/mol. The van der Waals surface area contributed by atoms with Crippen molar-refractivity contribution in [3.05, 3.63) is 95.9 Å². The van der Waals surface area contributed by atoms with Crippen LogP contribution >= 0.6 is 0 Å². The van der Waals surface area contributed by atoms with Crippen molar-refractivity contribution >= 4 is 27.6 Å². The summed E-state index contributed by atoms with van der Waals surface area (Å²) in [5.74, 6) is 0. The molecule has 0 spiro atoms. The fourth-order valence-electron chi connectivity index (χ4n) is 4.01. The molecule has 0 saturated heterocycles. The van der Waals surface area contributed by atoms with Gasteiger partial charge in [0.25, 0.3) is 0 Å². The van der Waals surface area contributed by atoms with Gasteiger partial charge in [-0.15, -0.1) is 0 Å². The second-order valence-electron chi connectivity index (χ2n) is 6.71. The van der Waals surface area contributed by atoms with Crippen molar-refractivity contribution in [3.8, 4) is 11.1 Å². The van der Waals surface area contributed by atoms with Crippen molar-refractivity contribution in [2.24, 2.45) is 0 Å². The average Bonchev–Trinajstić information content (AvgIpc) is 3.11. The minimum Gasteiger partial charge on any atom is -0.0616 e. The number of hydrogen-bond acceptors (Lipinski definition) is 0. The standard InChI is InChI=1S/C25H19/c1-2-17-15-19-8-5-10-23(25(19)16-17)22-12-6-11-21-20-9-4-3-7-18(20)13-14-24(21)22/h3-16H,2H2,1H3. The first kappa shape index (κ1) is 14.5. The number of allylic oxidation sites excluding steroid dienone is 1. The fourth-order valence-corrected chi connectivity index (χ4v) is 4.01. The Labute approximate surface area is 148 Å². The van der Waals surface area contributed by atoms with Crippen LogP contribution in [-0.4, -0.2) is 0 Å². The zero-order chi connectivity index (χ0) is 16.8. The van der Waals surface area contributed by atoms with Gasteiger partial charge in [-0.2, -0.15) is 0 Å². The summed E-state index contributed by atoms with van der Waals surface area (Å²) in [6, 6.07) is 26.5. The van der Waals surface area contributed by atoms with Crippen molar-refractivity contribution < 1.29 is 0 Å². The molecule has 1 radical (unpaired) electrons. The number of rotatable bonds is 2. The maximum absolute atomic E-state index is 2.35. The monoisotopic (exact) mass is 319 g/mol. The van der Waals surface area contributed by atoms with Gasteiger partial charge in [-0.3, -0.25) is 0 Å². The lowest BCUT2D eigenvalue weighted by atomic mass is 9.91. The van der Waals surface area contributed by atoms with Crippen LogP contribution in [0.15, 0.2) is 78.4 Å². The van der Waals surface area contributed by atoms with Gasteiger partial charge < -0.3 is 0 Å². The largest absolute Gasteiger partial charge is 0.0616 e. The van der Waals surface area contributed by atoms with E-state index in [-0.39, 0.29) is 0 Å². The van der Waals surface area contributed by atoms with Gasteiger partial charge in [0.2, 0.25) is 0 Å². The van der Waals surface area contributed by atoms with Crippen LogP contribution in [0, 0.1) is 6.42 Å². The number of hydrogen-bond donors (Lipinski definition) is 0. The third-order valence-corrected chi connectivity index (χ3v) is 5.30. The van der Waals surface area contributed by atoms with Crippen LogP contribution in [0.2, 0.25) is 0 Å². The molecular weight excluding hydrogens is 300 g/mol. The van der Waals surface area contributed by atoms with Gasteiger partial charge >= 0.3 is 0 Å².